The van der Waals surface area contributed by atoms with Gasteiger partial charge in [-0.1, -0.05) is 6.07 Å². The molecule has 2 rings (SSSR count). The molecule has 0 aromatic heterocycles. The Balaban J connectivity index is 2.27. The van der Waals surface area contributed by atoms with Gasteiger partial charge in [0.1, 0.15) is 16.4 Å². The number of rotatable bonds is 6. The maximum atomic E-state index is 12.9. The van der Waals surface area contributed by atoms with Gasteiger partial charge in [-0.05, 0) is 24.3 Å². The Morgan fingerprint density at radius 2 is 1.64 bits per heavy atom. The largest absolute Gasteiger partial charge is 0.461 e. The van der Waals surface area contributed by atoms with Crippen molar-refractivity contribution >= 4 is 21.5 Å². The molecule has 11 heteroatoms. The summed E-state index contributed by atoms with van der Waals surface area (Å²) in [6, 6.07) is 7.27. The molecule has 6 nitrogen and oxygen atoms in total. The highest BCUT2D eigenvalue weighted by Gasteiger charge is 2.44. The van der Waals surface area contributed by atoms with Gasteiger partial charge < -0.3 is 20.4 Å². The van der Waals surface area contributed by atoms with Crippen molar-refractivity contribution in [3.63, 3.8) is 0 Å². The number of nitrogen functional groups attached to an aromatic ring is 2. The number of nitrogens with two attached hydrogens (primary N) is 2. The lowest BCUT2D eigenvalue weighted by molar-refractivity contribution is -0.253. The van der Waals surface area contributed by atoms with E-state index in [1.165, 1.54) is 12.1 Å². The summed E-state index contributed by atoms with van der Waals surface area (Å²) in [6.07, 6.45) is -8.85. The number of anilines is 2. The number of benzene rings is 2. The monoisotopic (exact) mass is 380 g/mol. The molecule has 0 spiro atoms. The van der Waals surface area contributed by atoms with Gasteiger partial charge in [0.05, 0.1) is 11.4 Å². The molecule has 0 saturated carbocycles. The zero-order valence-electron chi connectivity index (χ0n) is 12.3. The molecule has 0 unspecified atom stereocenters. The van der Waals surface area contributed by atoms with Crippen LogP contribution in [0.25, 0.3) is 0 Å². The average molecular weight is 380 g/mol. The van der Waals surface area contributed by atoms with E-state index in [2.05, 4.69) is 4.74 Å². The van der Waals surface area contributed by atoms with Crippen LogP contribution in [-0.2, 0) is 10.1 Å². The molecule has 0 atom stereocenters. The van der Waals surface area contributed by atoms with Crippen LogP contribution in [0.5, 0.6) is 11.5 Å². The van der Waals surface area contributed by atoms with Crippen molar-refractivity contribution in [2.45, 2.75) is 17.4 Å². The molecule has 0 heterocycles. The third-order valence-corrected chi connectivity index (χ3v) is 4.11. The van der Waals surface area contributed by atoms with Crippen molar-refractivity contribution in [3.05, 3.63) is 42.5 Å². The molecule has 2 aromatic rings. The smallest absolute Gasteiger partial charge is 0.428 e. The Kier molecular flexibility index (Phi) is 4.97. The van der Waals surface area contributed by atoms with E-state index in [1.807, 2.05) is 0 Å². The van der Waals surface area contributed by atoms with Gasteiger partial charge in [-0.25, -0.2) is 0 Å². The minimum absolute atomic E-state index is 0.0707. The topological polar surface area (TPSA) is 105 Å². The molecule has 136 valence electrons. The van der Waals surface area contributed by atoms with Crippen molar-refractivity contribution in [2.24, 2.45) is 0 Å². The molecule has 0 aliphatic rings. The zero-order valence-corrected chi connectivity index (χ0v) is 13.1. The molecule has 4 N–H and O–H groups in total. The fraction of sp³-hybridized carbons (Fsp3) is 0.143. The summed E-state index contributed by atoms with van der Waals surface area (Å²) in [5.41, 5.74) is 11.3. The predicted molar refractivity (Wildman–Crippen MR) is 81.1 cm³/mol. The fourth-order valence-corrected chi connectivity index (χ4v) is 2.63. The van der Waals surface area contributed by atoms with Crippen molar-refractivity contribution < 1.29 is 34.9 Å². The molecule has 0 aliphatic carbocycles. The first-order chi connectivity index (χ1) is 11.5. The Labute approximate surface area is 140 Å². The second-order valence-electron chi connectivity index (χ2n) is 4.77. The van der Waals surface area contributed by atoms with Gasteiger partial charge in [-0.15, -0.1) is 0 Å². The maximum Gasteiger partial charge on any atom is 0.461 e. The number of hydrogen-bond donors (Lipinski definition) is 2. The summed E-state index contributed by atoms with van der Waals surface area (Å²) in [5, 5.41) is 0. The Morgan fingerprint density at radius 1 is 0.960 bits per heavy atom. The molecule has 2 aromatic carbocycles. The standard InChI is InChI=1S/C14H12F4N2O4S/c15-13(16)14(17,18)23-8-2-1-3-10(6-8)25(21,22)24-9-4-5-11(19)12(20)7-9/h1-7,13H,19-20H2. The second-order valence-corrected chi connectivity index (χ2v) is 6.31. The number of hydrogen-bond acceptors (Lipinski definition) is 6. The third-order valence-electron chi connectivity index (χ3n) is 2.87. The highest BCUT2D eigenvalue weighted by atomic mass is 32.2. The van der Waals surface area contributed by atoms with Gasteiger partial charge in [0.25, 0.3) is 0 Å². The number of ether oxygens (including phenoxy) is 1. The first-order valence-corrected chi connectivity index (χ1v) is 7.96. The molecule has 0 bridgehead atoms. The first-order valence-electron chi connectivity index (χ1n) is 6.56. The highest BCUT2D eigenvalue weighted by Crippen LogP contribution is 2.30. The Hall–Kier alpha value is -2.69. The fourth-order valence-electron chi connectivity index (χ4n) is 1.67. The SMILES string of the molecule is Nc1ccc(OS(=O)(=O)c2cccc(OC(F)(F)C(F)F)c2)cc1N. The first kappa shape index (κ1) is 18.6. The van der Waals surface area contributed by atoms with Crippen LogP contribution in [0.3, 0.4) is 0 Å². The van der Waals surface area contributed by atoms with Crippen molar-refractivity contribution in [3.8, 4) is 11.5 Å². The van der Waals surface area contributed by atoms with Crippen LogP contribution in [0.2, 0.25) is 0 Å². The molecule has 25 heavy (non-hydrogen) atoms. The summed E-state index contributed by atoms with van der Waals surface area (Å²) in [6.45, 7) is 0. The molecule has 0 saturated heterocycles. The van der Waals surface area contributed by atoms with Gasteiger partial charge in [-0.3, -0.25) is 0 Å². The lowest BCUT2D eigenvalue weighted by Gasteiger charge is -2.17. The normalized spacial score (nSPS) is 12.2. The van der Waals surface area contributed by atoms with E-state index < -0.39 is 33.3 Å². The molecule has 0 fully saturated rings. The second kappa shape index (κ2) is 6.67. The average Bonchev–Trinajstić information content (AvgIpc) is 2.50. The van der Waals surface area contributed by atoms with Gasteiger partial charge in [0, 0.05) is 12.1 Å². The molecular formula is C14H12F4N2O4S. The minimum atomic E-state index is -4.77. The van der Waals surface area contributed by atoms with Crippen molar-refractivity contribution in [1.29, 1.82) is 0 Å². The number of halogens is 4. The van der Waals surface area contributed by atoms with Crippen LogP contribution in [0.4, 0.5) is 28.9 Å². The third kappa shape index (κ3) is 4.44. The van der Waals surface area contributed by atoms with Crippen LogP contribution < -0.4 is 20.4 Å². The van der Waals surface area contributed by atoms with E-state index in [-0.39, 0.29) is 17.1 Å². The predicted octanol–water partition coefficient (Wildman–Crippen LogP) is 2.86. The van der Waals surface area contributed by atoms with E-state index in [0.29, 0.717) is 6.07 Å². The Morgan fingerprint density at radius 3 is 2.24 bits per heavy atom. The minimum Gasteiger partial charge on any atom is -0.428 e. The van der Waals surface area contributed by atoms with Crippen LogP contribution >= 0.6 is 0 Å². The van der Waals surface area contributed by atoms with E-state index in [1.54, 1.807) is 0 Å². The maximum absolute atomic E-state index is 12.9. The van der Waals surface area contributed by atoms with Gasteiger partial charge >= 0.3 is 22.7 Å². The van der Waals surface area contributed by atoms with Crippen molar-refractivity contribution in [1.82, 2.24) is 0 Å². The van der Waals surface area contributed by atoms with Gasteiger partial charge in [0.2, 0.25) is 0 Å². The van der Waals surface area contributed by atoms with Crippen LogP contribution in [0.1, 0.15) is 0 Å². The molecule has 0 aliphatic heterocycles. The van der Waals surface area contributed by atoms with E-state index >= 15 is 0 Å². The zero-order chi connectivity index (χ0) is 18.8. The van der Waals surface area contributed by atoms with Crippen LogP contribution in [0.15, 0.2) is 47.4 Å². The summed E-state index contributed by atoms with van der Waals surface area (Å²) >= 11 is 0. The van der Waals surface area contributed by atoms with Crippen LogP contribution in [-0.4, -0.2) is 21.0 Å². The summed E-state index contributed by atoms with van der Waals surface area (Å²) < 4.78 is 83.1. The molecule has 0 amide bonds. The van der Waals surface area contributed by atoms with Crippen molar-refractivity contribution in [2.75, 3.05) is 11.5 Å². The summed E-state index contributed by atoms with van der Waals surface area (Å²) in [7, 11) is -4.45. The molecule has 0 radical (unpaired) electrons. The quantitative estimate of drug-likeness (QED) is 0.454. The highest BCUT2D eigenvalue weighted by molar-refractivity contribution is 7.87. The van der Waals surface area contributed by atoms with E-state index in [4.69, 9.17) is 15.7 Å². The lowest BCUT2D eigenvalue weighted by atomic mass is 10.3. The van der Waals surface area contributed by atoms with E-state index in [0.717, 1.165) is 24.3 Å². The Bertz CT molecular complexity index is 875. The summed E-state index contributed by atoms with van der Waals surface area (Å²) in [4.78, 5) is -0.578. The number of alkyl halides is 4. The van der Waals surface area contributed by atoms with Crippen LogP contribution in [0, 0.1) is 0 Å². The van der Waals surface area contributed by atoms with Gasteiger partial charge in [0.15, 0.2) is 0 Å². The summed E-state index contributed by atoms with van der Waals surface area (Å²) in [5.74, 6) is -0.942. The molecular weight excluding hydrogens is 368 g/mol. The van der Waals surface area contributed by atoms with Gasteiger partial charge in [-0.2, -0.15) is 26.0 Å². The lowest BCUT2D eigenvalue weighted by Crippen LogP contribution is -2.33. The van der Waals surface area contributed by atoms with E-state index in [9.17, 15) is 26.0 Å².